The maximum absolute atomic E-state index is 10.7. The van der Waals surface area contributed by atoms with E-state index in [1.807, 2.05) is 6.20 Å². The first-order chi connectivity index (χ1) is 8.69. The maximum Gasteiger partial charge on any atom is 0.337 e. The van der Waals surface area contributed by atoms with E-state index in [2.05, 4.69) is 22.2 Å². The van der Waals surface area contributed by atoms with Crippen molar-refractivity contribution in [1.82, 2.24) is 9.97 Å². The molecule has 0 radical (unpaired) electrons. The van der Waals surface area contributed by atoms with Gasteiger partial charge in [-0.15, -0.1) is 11.3 Å². The summed E-state index contributed by atoms with van der Waals surface area (Å²) in [6, 6.07) is 3.18. The van der Waals surface area contributed by atoms with Crippen LogP contribution in [0.3, 0.4) is 0 Å². The molecule has 2 heterocycles. The summed E-state index contributed by atoms with van der Waals surface area (Å²) in [5.41, 5.74) is 0.183. The summed E-state index contributed by atoms with van der Waals surface area (Å²) in [6.45, 7) is 2.70. The number of carbonyl (C=O) groups is 1. The van der Waals surface area contributed by atoms with E-state index >= 15 is 0 Å². The van der Waals surface area contributed by atoms with Gasteiger partial charge >= 0.3 is 5.97 Å². The molecule has 94 valence electrons. The number of nitrogens with one attached hydrogen (secondary N) is 1. The number of hydrogen-bond acceptors (Lipinski definition) is 5. The lowest BCUT2D eigenvalue weighted by Gasteiger charge is -2.03. The van der Waals surface area contributed by atoms with E-state index in [0.29, 0.717) is 12.4 Å². The minimum atomic E-state index is -0.971. The Bertz CT molecular complexity index is 537. The molecule has 0 fully saturated rings. The van der Waals surface area contributed by atoms with Crippen molar-refractivity contribution in [2.24, 2.45) is 0 Å². The normalized spacial score (nSPS) is 10.3. The molecule has 0 aromatic carbocycles. The first-order valence-corrected chi connectivity index (χ1v) is 6.37. The molecule has 0 amide bonds. The fourth-order valence-corrected chi connectivity index (χ4v) is 2.19. The van der Waals surface area contributed by atoms with Gasteiger partial charge < -0.3 is 10.4 Å². The van der Waals surface area contributed by atoms with Gasteiger partial charge in [0.25, 0.3) is 0 Å². The average molecular weight is 263 g/mol. The molecule has 0 bridgehead atoms. The molecule has 2 aromatic heterocycles. The van der Waals surface area contributed by atoms with Crippen molar-refractivity contribution < 1.29 is 9.90 Å². The van der Waals surface area contributed by atoms with Gasteiger partial charge in [0.1, 0.15) is 10.8 Å². The molecular weight excluding hydrogens is 250 g/mol. The molecule has 0 unspecified atom stereocenters. The molecule has 2 aromatic rings. The lowest BCUT2D eigenvalue weighted by atomic mass is 10.3. The van der Waals surface area contributed by atoms with Crippen molar-refractivity contribution in [3.05, 3.63) is 40.0 Å². The molecule has 0 spiro atoms. The molecule has 2 rings (SSSR count). The van der Waals surface area contributed by atoms with Crippen LogP contribution in [-0.2, 0) is 13.0 Å². The van der Waals surface area contributed by atoms with Crippen molar-refractivity contribution in [2.45, 2.75) is 19.9 Å². The number of anilines is 1. The summed E-state index contributed by atoms with van der Waals surface area (Å²) in [7, 11) is 0. The number of rotatable bonds is 5. The van der Waals surface area contributed by atoms with E-state index in [9.17, 15) is 4.79 Å². The number of hydrogen-bond donors (Lipinski definition) is 2. The van der Waals surface area contributed by atoms with Crippen molar-refractivity contribution in [3.63, 3.8) is 0 Å². The van der Waals surface area contributed by atoms with Gasteiger partial charge in [-0.3, -0.25) is 0 Å². The number of pyridine rings is 1. The highest BCUT2D eigenvalue weighted by Crippen LogP contribution is 2.14. The maximum atomic E-state index is 10.7. The highest BCUT2D eigenvalue weighted by atomic mass is 32.1. The van der Waals surface area contributed by atoms with Crippen LogP contribution in [0.15, 0.2) is 24.5 Å². The van der Waals surface area contributed by atoms with Crippen molar-refractivity contribution in [1.29, 1.82) is 0 Å². The molecule has 0 aliphatic heterocycles. The van der Waals surface area contributed by atoms with E-state index < -0.39 is 5.97 Å². The zero-order valence-electron chi connectivity index (χ0n) is 9.88. The van der Waals surface area contributed by atoms with Crippen LogP contribution < -0.4 is 5.32 Å². The third kappa shape index (κ3) is 3.04. The first-order valence-electron chi connectivity index (χ1n) is 5.56. The van der Waals surface area contributed by atoms with Crippen molar-refractivity contribution in [3.8, 4) is 0 Å². The molecule has 2 N–H and O–H groups in total. The van der Waals surface area contributed by atoms with E-state index in [0.717, 1.165) is 11.4 Å². The summed E-state index contributed by atoms with van der Waals surface area (Å²) in [6.07, 6.45) is 4.20. The van der Waals surface area contributed by atoms with E-state index in [4.69, 9.17) is 5.11 Å². The summed E-state index contributed by atoms with van der Waals surface area (Å²) in [5.74, 6) is -0.324. The number of nitrogens with zero attached hydrogens (tertiary/aromatic N) is 2. The van der Waals surface area contributed by atoms with Gasteiger partial charge in [0, 0.05) is 17.3 Å². The summed E-state index contributed by atoms with van der Waals surface area (Å²) in [5, 5.41) is 12.8. The highest BCUT2D eigenvalue weighted by Gasteiger charge is 2.04. The molecule has 0 atom stereocenters. The molecule has 0 saturated heterocycles. The summed E-state index contributed by atoms with van der Waals surface area (Å²) >= 11 is 1.66. The Labute approximate surface area is 109 Å². The quantitative estimate of drug-likeness (QED) is 0.866. The minimum absolute atomic E-state index is 0.183. The Balaban J connectivity index is 1.95. The van der Waals surface area contributed by atoms with E-state index in [-0.39, 0.29) is 5.56 Å². The second-order valence-electron chi connectivity index (χ2n) is 3.66. The Morgan fingerprint density at radius 3 is 2.78 bits per heavy atom. The standard InChI is InChI=1S/C12H13N3O2S/c1-2-9-6-15-11(18-9)7-14-10-4-3-8(5-13-10)12(16)17/h3-6H,2,7H2,1H3,(H,13,14)(H,16,17). The number of thiazole rings is 1. The van der Waals surface area contributed by atoms with Gasteiger partial charge in [-0.05, 0) is 18.6 Å². The second kappa shape index (κ2) is 5.59. The van der Waals surface area contributed by atoms with Crippen LogP contribution in [0.4, 0.5) is 5.82 Å². The second-order valence-corrected chi connectivity index (χ2v) is 4.86. The van der Waals surface area contributed by atoms with Crippen LogP contribution in [0, 0.1) is 0 Å². The van der Waals surface area contributed by atoms with Crippen LogP contribution in [-0.4, -0.2) is 21.0 Å². The zero-order chi connectivity index (χ0) is 13.0. The van der Waals surface area contributed by atoms with Crippen LogP contribution in [0.2, 0.25) is 0 Å². The number of carboxylic acid groups (broad SMARTS) is 1. The van der Waals surface area contributed by atoms with Crippen LogP contribution >= 0.6 is 11.3 Å². The van der Waals surface area contributed by atoms with E-state index in [1.54, 1.807) is 17.4 Å². The van der Waals surface area contributed by atoms with Gasteiger partial charge in [0.2, 0.25) is 0 Å². The minimum Gasteiger partial charge on any atom is -0.478 e. The SMILES string of the molecule is CCc1cnc(CNc2ccc(C(=O)O)cn2)s1. The Hall–Kier alpha value is -1.95. The first kappa shape index (κ1) is 12.5. The average Bonchev–Trinajstić information content (AvgIpc) is 2.85. The third-order valence-corrected chi connectivity index (χ3v) is 3.52. The van der Waals surface area contributed by atoms with Crippen LogP contribution in [0.25, 0.3) is 0 Å². The molecular formula is C12H13N3O2S. The lowest BCUT2D eigenvalue weighted by Crippen LogP contribution is -2.02. The van der Waals surface area contributed by atoms with Gasteiger partial charge in [-0.1, -0.05) is 6.92 Å². The smallest absolute Gasteiger partial charge is 0.337 e. The molecule has 0 aliphatic carbocycles. The van der Waals surface area contributed by atoms with Crippen molar-refractivity contribution in [2.75, 3.05) is 5.32 Å². The fraction of sp³-hybridized carbons (Fsp3) is 0.250. The predicted molar refractivity (Wildman–Crippen MR) is 70.0 cm³/mol. The summed E-state index contributed by atoms with van der Waals surface area (Å²) < 4.78 is 0. The molecule has 5 nitrogen and oxygen atoms in total. The van der Waals surface area contributed by atoms with E-state index in [1.165, 1.54) is 17.1 Å². The molecule has 0 saturated carbocycles. The molecule has 6 heteroatoms. The molecule has 0 aliphatic rings. The monoisotopic (exact) mass is 263 g/mol. The van der Waals surface area contributed by atoms with Gasteiger partial charge in [0.15, 0.2) is 0 Å². The topological polar surface area (TPSA) is 75.1 Å². The fourth-order valence-electron chi connectivity index (χ4n) is 1.38. The Morgan fingerprint density at radius 1 is 1.39 bits per heavy atom. The van der Waals surface area contributed by atoms with Crippen LogP contribution in [0.1, 0.15) is 27.2 Å². The number of aromatic nitrogens is 2. The number of aryl methyl sites for hydroxylation is 1. The predicted octanol–water partition coefficient (Wildman–Crippen LogP) is 2.41. The van der Waals surface area contributed by atoms with Gasteiger partial charge in [-0.2, -0.15) is 0 Å². The van der Waals surface area contributed by atoms with Gasteiger partial charge in [-0.25, -0.2) is 14.8 Å². The Kier molecular flexibility index (Phi) is 3.88. The lowest BCUT2D eigenvalue weighted by molar-refractivity contribution is 0.0696. The molecule has 18 heavy (non-hydrogen) atoms. The Morgan fingerprint density at radius 2 is 2.22 bits per heavy atom. The van der Waals surface area contributed by atoms with Crippen LogP contribution in [0.5, 0.6) is 0 Å². The largest absolute Gasteiger partial charge is 0.478 e. The van der Waals surface area contributed by atoms with Crippen molar-refractivity contribution >= 4 is 23.1 Å². The number of carboxylic acids is 1. The summed E-state index contributed by atoms with van der Waals surface area (Å²) in [4.78, 5) is 20.2. The highest BCUT2D eigenvalue weighted by molar-refractivity contribution is 7.11. The zero-order valence-corrected chi connectivity index (χ0v) is 10.7. The number of aromatic carboxylic acids is 1. The third-order valence-electron chi connectivity index (χ3n) is 2.38. The van der Waals surface area contributed by atoms with Gasteiger partial charge in [0.05, 0.1) is 12.1 Å².